The highest BCUT2D eigenvalue weighted by Gasteiger charge is 2.41. The Labute approximate surface area is 230 Å². The van der Waals surface area contributed by atoms with Gasteiger partial charge in [0.2, 0.25) is 0 Å². The summed E-state index contributed by atoms with van der Waals surface area (Å²) in [6.45, 7) is 4.87. The minimum Gasteiger partial charge on any atom is -0.228 e. The molecule has 39 heavy (non-hydrogen) atoms. The number of rotatable bonds is 4. The third-order valence-electron chi connectivity index (χ3n) is 7.89. The molecule has 186 valence electrons. The van der Waals surface area contributed by atoms with Gasteiger partial charge in [0, 0.05) is 11.1 Å². The van der Waals surface area contributed by atoms with Gasteiger partial charge in [0.25, 0.3) is 0 Å². The molecule has 0 fully saturated rings. The second kappa shape index (κ2) is 9.30. The lowest BCUT2D eigenvalue weighted by molar-refractivity contribution is 1.20. The summed E-state index contributed by atoms with van der Waals surface area (Å²) in [5, 5.41) is 2.76. The molecule has 1 aliphatic rings. The Hall–Kier alpha value is -4.60. The number of nitrogens with zero attached hydrogens (tertiary/aromatic N) is 2. The molecule has 1 aromatic heterocycles. The van der Waals surface area contributed by atoms with E-state index in [2.05, 4.69) is 147 Å². The molecule has 0 N–H and O–H groups in total. The van der Waals surface area contributed by atoms with Crippen LogP contribution in [0.5, 0.6) is 0 Å². The fraction of sp³-hybridized carbons (Fsp3) is 0.0556. The summed E-state index contributed by atoms with van der Waals surface area (Å²) in [5.41, 5.74) is 10.3. The van der Waals surface area contributed by atoms with Gasteiger partial charge in [-0.15, -0.1) is 0 Å². The van der Waals surface area contributed by atoms with Gasteiger partial charge in [-0.25, -0.2) is 9.97 Å². The molecule has 0 unspecified atom stereocenters. The van der Waals surface area contributed by atoms with Gasteiger partial charge >= 0.3 is 0 Å². The molecule has 0 atom stereocenters. The highest BCUT2D eigenvalue weighted by Crippen LogP contribution is 2.37. The van der Waals surface area contributed by atoms with Crippen LogP contribution in [0.2, 0.25) is 13.1 Å². The van der Waals surface area contributed by atoms with Gasteiger partial charge in [-0.3, -0.25) is 0 Å². The maximum atomic E-state index is 5.41. The molecule has 0 spiro atoms. The highest BCUT2D eigenvalue weighted by molar-refractivity contribution is 7.04. The van der Waals surface area contributed by atoms with Crippen LogP contribution in [0, 0.1) is 0 Å². The fourth-order valence-corrected chi connectivity index (χ4v) is 9.20. The molecule has 0 amide bonds. The first-order valence-corrected chi connectivity index (χ1v) is 16.4. The summed E-state index contributed by atoms with van der Waals surface area (Å²) >= 11 is 0. The average Bonchev–Trinajstić information content (AvgIpc) is 3.24. The zero-order valence-corrected chi connectivity index (χ0v) is 23.1. The van der Waals surface area contributed by atoms with E-state index < -0.39 is 8.07 Å². The van der Waals surface area contributed by atoms with Crippen LogP contribution in [0.15, 0.2) is 133 Å². The quantitative estimate of drug-likeness (QED) is 0.222. The smallest absolute Gasteiger partial charge is 0.161 e. The van der Waals surface area contributed by atoms with E-state index >= 15 is 0 Å². The van der Waals surface area contributed by atoms with Gasteiger partial charge < -0.3 is 0 Å². The van der Waals surface area contributed by atoms with Crippen molar-refractivity contribution in [1.82, 2.24) is 9.97 Å². The fourth-order valence-electron chi connectivity index (χ4n) is 5.97. The molecular weight excluding hydrogens is 488 g/mol. The lowest BCUT2D eigenvalue weighted by atomic mass is 9.98. The predicted octanol–water partition coefficient (Wildman–Crippen LogP) is 7.95. The van der Waals surface area contributed by atoms with Crippen molar-refractivity contribution in [3.05, 3.63) is 133 Å². The summed E-state index contributed by atoms with van der Waals surface area (Å²) in [6.07, 6.45) is 0. The standard InChI is InChI=1S/C36H28N2Si/c1-39(2)32-23-12-11-22-31(32)34-35(39)33(28-19-13-18-27(24-28)25-14-5-3-6-15-25)37-36(38-34)30-21-10-9-20-29(30)26-16-7-4-8-17-26/h3-24H,1-2H3. The first-order valence-electron chi connectivity index (χ1n) is 13.4. The molecular formula is C36H28N2Si. The highest BCUT2D eigenvalue weighted by atomic mass is 28.3. The summed E-state index contributed by atoms with van der Waals surface area (Å²) in [6, 6.07) is 47.3. The van der Waals surface area contributed by atoms with Gasteiger partial charge in [0.15, 0.2) is 5.82 Å². The van der Waals surface area contributed by atoms with E-state index in [4.69, 9.17) is 9.97 Å². The first kappa shape index (κ1) is 23.5. The Morgan fingerprint density at radius 3 is 1.72 bits per heavy atom. The van der Waals surface area contributed by atoms with Crippen LogP contribution in [0.4, 0.5) is 0 Å². The molecule has 0 radical (unpaired) electrons. The van der Waals surface area contributed by atoms with Crippen LogP contribution < -0.4 is 10.4 Å². The number of fused-ring (bicyclic) bond motifs is 3. The number of aromatic nitrogens is 2. The molecule has 1 aliphatic heterocycles. The van der Waals surface area contributed by atoms with E-state index in [1.807, 2.05) is 0 Å². The second-order valence-electron chi connectivity index (χ2n) is 10.6. The van der Waals surface area contributed by atoms with Gasteiger partial charge in [-0.1, -0.05) is 140 Å². The second-order valence-corrected chi connectivity index (χ2v) is 14.9. The largest absolute Gasteiger partial charge is 0.228 e. The van der Waals surface area contributed by atoms with Crippen LogP contribution in [-0.4, -0.2) is 18.0 Å². The van der Waals surface area contributed by atoms with Crippen LogP contribution >= 0.6 is 0 Å². The zero-order valence-electron chi connectivity index (χ0n) is 22.1. The van der Waals surface area contributed by atoms with E-state index in [0.717, 1.165) is 33.9 Å². The maximum absolute atomic E-state index is 5.41. The Morgan fingerprint density at radius 2 is 0.974 bits per heavy atom. The monoisotopic (exact) mass is 516 g/mol. The summed E-state index contributed by atoms with van der Waals surface area (Å²) in [4.78, 5) is 10.7. The Morgan fingerprint density at radius 1 is 0.436 bits per heavy atom. The van der Waals surface area contributed by atoms with Crippen molar-refractivity contribution in [1.29, 1.82) is 0 Å². The molecule has 5 aromatic carbocycles. The zero-order chi connectivity index (χ0) is 26.4. The summed E-state index contributed by atoms with van der Waals surface area (Å²) in [7, 11) is -2.03. The van der Waals surface area contributed by atoms with Gasteiger partial charge in [-0.2, -0.15) is 0 Å². The number of benzene rings is 5. The third-order valence-corrected chi connectivity index (χ3v) is 11.4. The molecule has 0 saturated heterocycles. The topological polar surface area (TPSA) is 25.8 Å². The van der Waals surface area contributed by atoms with Crippen LogP contribution in [-0.2, 0) is 0 Å². The van der Waals surface area contributed by atoms with E-state index in [1.165, 1.54) is 32.6 Å². The molecule has 3 heteroatoms. The minimum atomic E-state index is -2.03. The molecule has 0 bridgehead atoms. The summed E-state index contributed by atoms with van der Waals surface area (Å²) in [5.74, 6) is 0.773. The van der Waals surface area contributed by atoms with Gasteiger partial charge in [0.1, 0.15) is 8.07 Å². The molecule has 2 nitrogen and oxygen atoms in total. The Kier molecular flexibility index (Phi) is 5.61. The van der Waals surface area contributed by atoms with Crippen LogP contribution in [0.25, 0.3) is 56.2 Å². The van der Waals surface area contributed by atoms with Crippen LogP contribution in [0.1, 0.15) is 0 Å². The van der Waals surface area contributed by atoms with Crippen molar-refractivity contribution < 1.29 is 0 Å². The van der Waals surface area contributed by atoms with E-state index in [0.29, 0.717) is 0 Å². The molecule has 0 aliphatic carbocycles. The molecule has 2 heterocycles. The van der Waals surface area contributed by atoms with Gasteiger partial charge in [-0.05, 0) is 44.3 Å². The molecule has 0 saturated carbocycles. The number of hydrogen-bond acceptors (Lipinski definition) is 2. The third kappa shape index (κ3) is 3.94. The van der Waals surface area contributed by atoms with Crippen molar-refractivity contribution in [2.75, 3.05) is 0 Å². The maximum Gasteiger partial charge on any atom is 0.161 e. The first-order chi connectivity index (χ1) is 19.1. The van der Waals surface area contributed by atoms with Gasteiger partial charge in [0.05, 0.1) is 11.4 Å². The Balaban J connectivity index is 1.51. The van der Waals surface area contributed by atoms with Crippen molar-refractivity contribution in [3.63, 3.8) is 0 Å². The normalized spacial score (nSPS) is 13.1. The number of hydrogen-bond donors (Lipinski definition) is 0. The molecule has 6 aromatic rings. The lowest BCUT2D eigenvalue weighted by Gasteiger charge is -2.22. The van der Waals surface area contributed by atoms with E-state index in [1.54, 1.807) is 0 Å². The van der Waals surface area contributed by atoms with Crippen LogP contribution in [0.3, 0.4) is 0 Å². The SMILES string of the molecule is C[Si]1(C)c2ccccc2-c2nc(-c3ccccc3-c3ccccc3)nc(-c3cccc(-c4ccccc4)c3)c21. The predicted molar refractivity (Wildman–Crippen MR) is 166 cm³/mol. The van der Waals surface area contributed by atoms with E-state index in [-0.39, 0.29) is 0 Å². The van der Waals surface area contributed by atoms with Crippen molar-refractivity contribution >= 4 is 18.4 Å². The Bertz CT molecular complexity index is 1830. The summed E-state index contributed by atoms with van der Waals surface area (Å²) < 4.78 is 0. The molecule has 7 rings (SSSR count). The van der Waals surface area contributed by atoms with Crippen molar-refractivity contribution in [2.45, 2.75) is 13.1 Å². The lowest BCUT2D eigenvalue weighted by Crippen LogP contribution is -2.50. The van der Waals surface area contributed by atoms with Crippen molar-refractivity contribution in [2.24, 2.45) is 0 Å². The van der Waals surface area contributed by atoms with E-state index in [9.17, 15) is 0 Å². The average molecular weight is 517 g/mol. The van der Waals surface area contributed by atoms with Crippen molar-refractivity contribution in [3.8, 4) is 56.2 Å². The minimum absolute atomic E-state index is 0.773.